The third kappa shape index (κ3) is 3.62. The van der Waals surface area contributed by atoms with Crippen molar-refractivity contribution in [2.45, 2.75) is 12.5 Å². The number of ether oxygens (including phenoxy) is 1. The minimum Gasteiger partial charge on any atom is -0.496 e. The van der Waals surface area contributed by atoms with Crippen molar-refractivity contribution in [1.82, 2.24) is 10.2 Å². The highest BCUT2D eigenvalue weighted by molar-refractivity contribution is 7.17. The van der Waals surface area contributed by atoms with Gasteiger partial charge in [0.25, 0.3) is 0 Å². The van der Waals surface area contributed by atoms with Crippen LogP contribution >= 0.6 is 11.3 Å². The van der Waals surface area contributed by atoms with Gasteiger partial charge < -0.3 is 15.8 Å². The fourth-order valence-electron chi connectivity index (χ4n) is 3.16. The van der Waals surface area contributed by atoms with E-state index in [2.05, 4.69) is 33.0 Å². The van der Waals surface area contributed by atoms with E-state index in [1.165, 1.54) is 4.70 Å². The zero-order chi connectivity index (χ0) is 19.5. The standard InChI is InChI=1S/C21H20N4O2S/c1-27-19-9-15(6-7-16(19)14-10-23-24-11-14)25-21(26)18(22)8-13-12-28-20-5-3-2-4-17(13)20/h2-7,9-12,18H,8,22H2,1H3,(H,23,24)(H,25,26). The Bertz CT molecular complexity index is 1100. The van der Waals surface area contributed by atoms with Crippen LogP contribution in [0.15, 0.2) is 60.2 Å². The van der Waals surface area contributed by atoms with Crippen molar-refractivity contribution in [1.29, 1.82) is 0 Å². The minimum absolute atomic E-state index is 0.228. The number of carbonyl (C=O) groups is 1. The summed E-state index contributed by atoms with van der Waals surface area (Å²) in [6.07, 6.45) is 3.99. The normalized spacial score (nSPS) is 12.1. The molecule has 0 aliphatic carbocycles. The van der Waals surface area contributed by atoms with Crippen LogP contribution in [0.2, 0.25) is 0 Å². The molecule has 1 amide bonds. The van der Waals surface area contributed by atoms with Crippen molar-refractivity contribution in [3.8, 4) is 16.9 Å². The molecule has 0 fully saturated rings. The van der Waals surface area contributed by atoms with Gasteiger partial charge in [-0.25, -0.2) is 0 Å². The van der Waals surface area contributed by atoms with Crippen LogP contribution in [-0.2, 0) is 11.2 Å². The second-order valence-corrected chi connectivity index (χ2v) is 7.37. The van der Waals surface area contributed by atoms with Crippen LogP contribution in [0.1, 0.15) is 5.56 Å². The Labute approximate surface area is 166 Å². The number of nitrogens with zero attached hydrogens (tertiary/aromatic N) is 1. The van der Waals surface area contributed by atoms with Gasteiger partial charge in [-0.3, -0.25) is 9.89 Å². The second-order valence-electron chi connectivity index (χ2n) is 6.46. The third-order valence-corrected chi connectivity index (χ3v) is 5.63. The second kappa shape index (κ2) is 7.84. The van der Waals surface area contributed by atoms with Gasteiger partial charge in [-0.05, 0) is 40.9 Å². The lowest BCUT2D eigenvalue weighted by Gasteiger charge is -2.14. The molecular formula is C21H20N4O2S. The largest absolute Gasteiger partial charge is 0.496 e. The molecule has 2 heterocycles. The van der Waals surface area contributed by atoms with E-state index >= 15 is 0 Å². The molecule has 142 valence electrons. The van der Waals surface area contributed by atoms with Crippen molar-refractivity contribution in [2.75, 3.05) is 12.4 Å². The number of hydrogen-bond donors (Lipinski definition) is 3. The molecule has 0 spiro atoms. The fourth-order valence-corrected chi connectivity index (χ4v) is 4.14. The number of aromatic amines is 1. The molecule has 4 aromatic rings. The first-order valence-corrected chi connectivity index (χ1v) is 9.72. The molecule has 2 aromatic carbocycles. The van der Waals surface area contributed by atoms with E-state index in [1.54, 1.807) is 36.9 Å². The van der Waals surface area contributed by atoms with Gasteiger partial charge in [-0.2, -0.15) is 5.10 Å². The average molecular weight is 392 g/mol. The van der Waals surface area contributed by atoms with Gasteiger partial charge in [0.05, 0.1) is 19.3 Å². The van der Waals surface area contributed by atoms with Gasteiger partial charge in [0, 0.05) is 33.8 Å². The molecule has 0 aliphatic heterocycles. The lowest BCUT2D eigenvalue weighted by Crippen LogP contribution is -2.37. The van der Waals surface area contributed by atoms with Crippen LogP contribution in [0.5, 0.6) is 5.75 Å². The predicted molar refractivity (Wildman–Crippen MR) is 113 cm³/mol. The molecule has 0 aliphatic rings. The highest BCUT2D eigenvalue weighted by Crippen LogP contribution is 2.32. The Morgan fingerprint density at radius 1 is 1.32 bits per heavy atom. The first-order chi connectivity index (χ1) is 13.7. The topological polar surface area (TPSA) is 93.0 Å². The molecule has 0 saturated heterocycles. The summed E-state index contributed by atoms with van der Waals surface area (Å²) in [6.45, 7) is 0. The van der Waals surface area contributed by atoms with Gasteiger partial charge in [-0.1, -0.05) is 18.2 Å². The summed E-state index contributed by atoms with van der Waals surface area (Å²) in [6, 6.07) is 13.0. The average Bonchev–Trinajstić information content (AvgIpc) is 3.38. The highest BCUT2D eigenvalue weighted by Gasteiger charge is 2.17. The Balaban J connectivity index is 1.48. The molecule has 6 nitrogen and oxygen atoms in total. The highest BCUT2D eigenvalue weighted by atomic mass is 32.1. The van der Waals surface area contributed by atoms with E-state index in [-0.39, 0.29) is 5.91 Å². The maximum atomic E-state index is 12.6. The molecule has 28 heavy (non-hydrogen) atoms. The molecule has 7 heteroatoms. The number of methoxy groups -OCH3 is 1. The molecule has 2 aromatic heterocycles. The number of nitrogens with one attached hydrogen (secondary N) is 2. The van der Waals surface area contributed by atoms with E-state index < -0.39 is 6.04 Å². The number of hydrogen-bond acceptors (Lipinski definition) is 5. The molecule has 4 rings (SSSR count). The van der Waals surface area contributed by atoms with Gasteiger partial charge in [0.15, 0.2) is 0 Å². The zero-order valence-electron chi connectivity index (χ0n) is 15.3. The minimum atomic E-state index is -0.641. The fraction of sp³-hybridized carbons (Fsp3) is 0.143. The van der Waals surface area contributed by atoms with E-state index in [1.807, 2.05) is 24.3 Å². The number of carbonyl (C=O) groups excluding carboxylic acids is 1. The molecule has 4 N–H and O–H groups in total. The van der Waals surface area contributed by atoms with Crippen LogP contribution in [0.4, 0.5) is 5.69 Å². The number of amides is 1. The Morgan fingerprint density at radius 2 is 2.18 bits per heavy atom. The summed E-state index contributed by atoms with van der Waals surface area (Å²) in [5.41, 5.74) is 9.71. The maximum Gasteiger partial charge on any atom is 0.241 e. The van der Waals surface area contributed by atoms with E-state index in [9.17, 15) is 4.79 Å². The summed E-state index contributed by atoms with van der Waals surface area (Å²) in [5.74, 6) is 0.421. The SMILES string of the molecule is COc1cc(NC(=O)C(N)Cc2csc3ccccc23)ccc1-c1cn[nH]c1. The number of rotatable bonds is 6. The summed E-state index contributed by atoms with van der Waals surface area (Å²) in [4.78, 5) is 12.6. The van der Waals surface area contributed by atoms with Gasteiger partial charge >= 0.3 is 0 Å². The molecule has 0 radical (unpaired) electrons. The number of benzene rings is 2. The summed E-state index contributed by atoms with van der Waals surface area (Å²) < 4.78 is 6.66. The summed E-state index contributed by atoms with van der Waals surface area (Å²) in [5, 5.41) is 12.9. The van der Waals surface area contributed by atoms with Crippen LogP contribution in [-0.4, -0.2) is 29.3 Å². The number of H-pyrrole nitrogens is 1. The van der Waals surface area contributed by atoms with Crippen molar-refractivity contribution >= 4 is 33.0 Å². The quantitative estimate of drug-likeness (QED) is 0.465. The van der Waals surface area contributed by atoms with E-state index in [0.717, 1.165) is 22.1 Å². The number of fused-ring (bicyclic) bond motifs is 1. The maximum absolute atomic E-state index is 12.6. The number of nitrogens with two attached hydrogens (primary N) is 1. The number of thiophene rings is 1. The summed E-state index contributed by atoms with van der Waals surface area (Å²) >= 11 is 1.67. The lowest BCUT2D eigenvalue weighted by atomic mass is 10.0. The van der Waals surface area contributed by atoms with Gasteiger partial charge in [0.1, 0.15) is 5.75 Å². The van der Waals surface area contributed by atoms with Crippen LogP contribution in [0, 0.1) is 0 Å². The molecule has 0 bridgehead atoms. The summed E-state index contributed by atoms with van der Waals surface area (Å²) in [7, 11) is 1.60. The lowest BCUT2D eigenvalue weighted by molar-refractivity contribution is -0.117. The predicted octanol–water partition coefficient (Wildman–Crippen LogP) is 3.81. The third-order valence-electron chi connectivity index (χ3n) is 4.62. The van der Waals surface area contributed by atoms with Gasteiger partial charge in [-0.15, -0.1) is 11.3 Å². The Morgan fingerprint density at radius 3 is 2.96 bits per heavy atom. The van der Waals surface area contributed by atoms with Crippen LogP contribution in [0.25, 0.3) is 21.2 Å². The van der Waals surface area contributed by atoms with Crippen molar-refractivity contribution in [2.24, 2.45) is 5.73 Å². The first kappa shape index (κ1) is 18.2. The van der Waals surface area contributed by atoms with Gasteiger partial charge in [0.2, 0.25) is 5.91 Å². The van der Waals surface area contributed by atoms with E-state index in [4.69, 9.17) is 10.5 Å². The Hall–Kier alpha value is -3.16. The van der Waals surface area contributed by atoms with Crippen molar-refractivity contribution in [3.63, 3.8) is 0 Å². The molecule has 0 saturated carbocycles. The van der Waals surface area contributed by atoms with Crippen LogP contribution in [0.3, 0.4) is 0 Å². The molecule has 1 unspecified atom stereocenters. The zero-order valence-corrected chi connectivity index (χ0v) is 16.1. The van der Waals surface area contributed by atoms with Crippen molar-refractivity contribution < 1.29 is 9.53 Å². The number of anilines is 1. The Kier molecular flexibility index (Phi) is 5.10. The van der Waals surface area contributed by atoms with E-state index in [0.29, 0.717) is 17.9 Å². The monoisotopic (exact) mass is 392 g/mol. The molecular weight excluding hydrogens is 372 g/mol. The smallest absolute Gasteiger partial charge is 0.241 e. The number of aromatic nitrogens is 2. The van der Waals surface area contributed by atoms with Crippen LogP contribution < -0.4 is 15.8 Å². The molecule has 1 atom stereocenters. The first-order valence-electron chi connectivity index (χ1n) is 8.84. The van der Waals surface area contributed by atoms with Crippen molar-refractivity contribution in [3.05, 3.63) is 65.8 Å².